The molecule has 0 radical (unpaired) electrons. The van der Waals surface area contributed by atoms with Crippen molar-refractivity contribution >= 4 is 23.4 Å². The quantitative estimate of drug-likeness (QED) is 0.641. The van der Waals surface area contributed by atoms with Gasteiger partial charge in [0.2, 0.25) is 11.8 Å². The molecule has 0 aromatic heterocycles. The van der Waals surface area contributed by atoms with Gasteiger partial charge in [-0.3, -0.25) is 14.4 Å². The third kappa shape index (κ3) is 5.78. The molecule has 0 unspecified atom stereocenters. The average molecular weight is 486 g/mol. The molecular formula is C26H35N3O6. The SMILES string of the molecule is CN1C(=O)c2cc(NC(=O)C3CCOCC3)ccc2OC[C@H]2O[C@@H](CC(=O)NCC3CC3)CC[C@@H]21. The van der Waals surface area contributed by atoms with E-state index in [2.05, 4.69) is 10.6 Å². The van der Waals surface area contributed by atoms with Crippen molar-refractivity contribution in [3.63, 3.8) is 0 Å². The second-order valence-electron chi connectivity index (χ2n) is 10.2. The van der Waals surface area contributed by atoms with E-state index in [0.29, 0.717) is 68.4 Å². The molecule has 3 amide bonds. The second kappa shape index (κ2) is 10.5. The summed E-state index contributed by atoms with van der Waals surface area (Å²) in [5, 5.41) is 5.96. The number of carbonyl (C=O) groups is 3. The van der Waals surface area contributed by atoms with Gasteiger partial charge < -0.3 is 29.7 Å². The van der Waals surface area contributed by atoms with E-state index >= 15 is 0 Å². The van der Waals surface area contributed by atoms with Crippen molar-refractivity contribution in [2.45, 2.75) is 63.2 Å². The monoisotopic (exact) mass is 485 g/mol. The number of nitrogens with zero attached hydrogens (tertiary/aromatic N) is 1. The number of hydrogen-bond donors (Lipinski definition) is 2. The van der Waals surface area contributed by atoms with Gasteiger partial charge in [-0.15, -0.1) is 0 Å². The molecule has 9 nitrogen and oxygen atoms in total. The lowest BCUT2D eigenvalue weighted by atomic mass is 9.94. The van der Waals surface area contributed by atoms with Crippen LogP contribution in [0.5, 0.6) is 5.75 Å². The Morgan fingerprint density at radius 1 is 1.09 bits per heavy atom. The Morgan fingerprint density at radius 2 is 1.89 bits per heavy atom. The number of hydrogen-bond acceptors (Lipinski definition) is 6. The number of rotatable bonds is 6. The largest absolute Gasteiger partial charge is 0.490 e. The molecule has 2 saturated heterocycles. The Kier molecular flexibility index (Phi) is 7.24. The molecule has 3 aliphatic heterocycles. The lowest BCUT2D eigenvalue weighted by Gasteiger charge is -2.42. The van der Waals surface area contributed by atoms with Crippen LogP contribution in [0.1, 0.15) is 55.3 Å². The molecule has 1 aromatic rings. The van der Waals surface area contributed by atoms with Crippen LogP contribution in [-0.4, -0.2) is 74.3 Å². The minimum atomic E-state index is -0.306. The Labute approximate surface area is 205 Å². The summed E-state index contributed by atoms with van der Waals surface area (Å²) in [7, 11) is 1.79. The molecule has 3 heterocycles. The molecular weight excluding hydrogens is 450 g/mol. The number of fused-ring (bicyclic) bond motifs is 2. The van der Waals surface area contributed by atoms with Crippen LogP contribution in [0, 0.1) is 11.8 Å². The zero-order chi connectivity index (χ0) is 24.4. The molecule has 4 aliphatic rings. The fourth-order valence-electron chi connectivity index (χ4n) is 5.17. The first-order chi connectivity index (χ1) is 17.0. The van der Waals surface area contributed by atoms with Gasteiger partial charge in [-0.2, -0.15) is 0 Å². The van der Waals surface area contributed by atoms with E-state index in [1.165, 1.54) is 12.8 Å². The smallest absolute Gasteiger partial charge is 0.257 e. The highest BCUT2D eigenvalue weighted by molar-refractivity contribution is 6.00. The molecule has 3 atom stereocenters. The van der Waals surface area contributed by atoms with Gasteiger partial charge in [0.15, 0.2) is 0 Å². The molecule has 1 aliphatic carbocycles. The molecule has 1 aromatic carbocycles. The van der Waals surface area contributed by atoms with E-state index < -0.39 is 0 Å². The number of benzene rings is 1. The summed E-state index contributed by atoms with van der Waals surface area (Å²) < 4.78 is 17.6. The van der Waals surface area contributed by atoms with Crippen LogP contribution in [0.2, 0.25) is 0 Å². The van der Waals surface area contributed by atoms with Crippen LogP contribution in [0.3, 0.4) is 0 Å². The first-order valence-electron chi connectivity index (χ1n) is 12.8. The first-order valence-corrected chi connectivity index (χ1v) is 12.8. The van der Waals surface area contributed by atoms with Gasteiger partial charge in [-0.05, 0) is 62.6 Å². The van der Waals surface area contributed by atoms with Crippen molar-refractivity contribution in [3.05, 3.63) is 23.8 Å². The Morgan fingerprint density at radius 3 is 2.66 bits per heavy atom. The predicted molar refractivity (Wildman–Crippen MR) is 128 cm³/mol. The van der Waals surface area contributed by atoms with Gasteiger partial charge in [-0.25, -0.2) is 0 Å². The summed E-state index contributed by atoms with van der Waals surface area (Å²) in [5.41, 5.74) is 1.01. The van der Waals surface area contributed by atoms with Crippen LogP contribution in [0.15, 0.2) is 18.2 Å². The second-order valence-corrected chi connectivity index (χ2v) is 10.2. The van der Waals surface area contributed by atoms with Crippen LogP contribution >= 0.6 is 0 Å². The van der Waals surface area contributed by atoms with Gasteiger partial charge in [0.25, 0.3) is 5.91 Å². The number of nitrogens with one attached hydrogen (secondary N) is 2. The minimum Gasteiger partial charge on any atom is -0.490 e. The summed E-state index contributed by atoms with van der Waals surface area (Å²) in [4.78, 5) is 40.0. The zero-order valence-electron chi connectivity index (χ0n) is 20.3. The normalized spacial score (nSPS) is 27.1. The summed E-state index contributed by atoms with van der Waals surface area (Å²) in [6.45, 7) is 2.24. The van der Waals surface area contributed by atoms with Crippen molar-refractivity contribution in [2.24, 2.45) is 11.8 Å². The molecule has 35 heavy (non-hydrogen) atoms. The highest BCUT2D eigenvalue weighted by Gasteiger charge is 2.39. The predicted octanol–water partition coefficient (Wildman–Crippen LogP) is 2.35. The number of anilines is 1. The summed E-state index contributed by atoms with van der Waals surface area (Å²) in [6.07, 6.45) is 5.11. The first kappa shape index (κ1) is 24.1. The van der Waals surface area contributed by atoms with Crippen molar-refractivity contribution in [1.82, 2.24) is 10.2 Å². The van der Waals surface area contributed by atoms with Crippen molar-refractivity contribution < 1.29 is 28.6 Å². The van der Waals surface area contributed by atoms with Crippen molar-refractivity contribution in [1.29, 1.82) is 0 Å². The molecule has 190 valence electrons. The number of amides is 3. The van der Waals surface area contributed by atoms with Gasteiger partial charge >= 0.3 is 0 Å². The molecule has 2 N–H and O–H groups in total. The van der Waals surface area contributed by atoms with E-state index in [-0.39, 0.29) is 41.9 Å². The fraction of sp³-hybridized carbons (Fsp3) is 0.654. The summed E-state index contributed by atoms with van der Waals surface area (Å²) in [6, 6.07) is 5.05. The lowest BCUT2D eigenvalue weighted by Crippen LogP contribution is -2.54. The number of likely N-dealkylation sites (N-methyl/N-ethyl adjacent to an activating group) is 1. The number of ether oxygens (including phenoxy) is 3. The van der Waals surface area contributed by atoms with Gasteiger partial charge in [0, 0.05) is 38.4 Å². The third-order valence-electron chi connectivity index (χ3n) is 7.57. The molecule has 3 fully saturated rings. The lowest BCUT2D eigenvalue weighted by molar-refractivity contribution is -0.134. The molecule has 5 rings (SSSR count). The standard InChI is InChI=1S/C26H35N3O6/c1-29-21-6-5-19(13-24(30)27-14-16-2-3-16)35-23(21)15-34-22-7-4-18(12-20(22)26(29)32)28-25(31)17-8-10-33-11-9-17/h4,7,12,16-17,19,21,23H,2-3,5-6,8-11,13-15H2,1H3,(H,27,30)(H,28,31)/t19-,21+,23-/m1/s1. The molecule has 9 heteroatoms. The average Bonchev–Trinajstić information content (AvgIpc) is 3.70. The molecule has 1 saturated carbocycles. The van der Waals surface area contributed by atoms with Gasteiger partial charge in [-0.1, -0.05) is 0 Å². The van der Waals surface area contributed by atoms with E-state index in [4.69, 9.17) is 14.2 Å². The fourth-order valence-corrected chi connectivity index (χ4v) is 5.17. The van der Waals surface area contributed by atoms with Crippen molar-refractivity contribution in [3.8, 4) is 5.75 Å². The van der Waals surface area contributed by atoms with E-state index in [9.17, 15) is 14.4 Å². The Hall–Kier alpha value is -2.65. The van der Waals surface area contributed by atoms with E-state index in [0.717, 1.165) is 13.0 Å². The van der Waals surface area contributed by atoms with Gasteiger partial charge in [0.1, 0.15) is 18.5 Å². The highest BCUT2D eigenvalue weighted by Crippen LogP contribution is 2.33. The van der Waals surface area contributed by atoms with Crippen LogP contribution in [-0.2, 0) is 19.1 Å². The Bertz CT molecular complexity index is 958. The summed E-state index contributed by atoms with van der Waals surface area (Å²) >= 11 is 0. The van der Waals surface area contributed by atoms with E-state index in [1.54, 1.807) is 30.1 Å². The molecule has 0 spiro atoms. The van der Waals surface area contributed by atoms with Gasteiger partial charge in [0.05, 0.1) is 24.1 Å². The van der Waals surface area contributed by atoms with E-state index in [1.807, 2.05) is 0 Å². The third-order valence-corrected chi connectivity index (χ3v) is 7.57. The minimum absolute atomic E-state index is 0.0252. The van der Waals surface area contributed by atoms with Crippen LogP contribution < -0.4 is 15.4 Å². The van der Waals surface area contributed by atoms with Crippen LogP contribution in [0.4, 0.5) is 5.69 Å². The zero-order valence-corrected chi connectivity index (χ0v) is 20.3. The van der Waals surface area contributed by atoms with Crippen molar-refractivity contribution in [2.75, 3.05) is 38.7 Å². The summed E-state index contributed by atoms with van der Waals surface area (Å²) in [5.74, 6) is 0.846. The number of carbonyl (C=O) groups excluding carboxylic acids is 3. The molecule has 0 bridgehead atoms. The Balaban J connectivity index is 1.23. The highest BCUT2D eigenvalue weighted by atomic mass is 16.5. The maximum atomic E-state index is 13.4. The van der Waals surface area contributed by atoms with Crippen LogP contribution in [0.25, 0.3) is 0 Å². The maximum Gasteiger partial charge on any atom is 0.257 e. The topological polar surface area (TPSA) is 106 Å². The maximum absolute atomic E-state index is 13.4.